The highest BCUT2D eigenvalue weighted by Gasteiger charge is 2.18. The normalized spacial score (nSPS) is 10.9. The van der Waals surface area contributed by atoms with E-state index in [1.807, 2.05) is 30.3 Å². The lowest BCUT2D eigenvalue weighted by molar-refractivity contribution is -0.105. The van der Waals surface area contributed by atoms with Gasteiger partial charge in [0, 0.05) is 33.7 Å². The van der Waals surface area contributed by atoms with Crippen LogP contribution in [0.1, 0.15) is 17.3 Å². The molecule has 7 heteroatoms. The van der Waals surface area contributed by atoms with Crippen molar-refractivity contribution in [3.05, 3.63) is 64.6 Å². The van der Waals surface area contributed by atoms with Gasteiger partial charge in [-0.2, -0.15) is 0 Å². The molecule has 2 heterocycles. The van der Waals surface area contributed by atoms with Crippen molar-refractivity contribution in [1.82, 2.24) is 9.97 Å². The van der Waals surface area contributed by atoms with Crippen LogP contribution < -0.4 is 10.9 Å². The maximum Gasteiger partial charge on any atom is 0.340 e. The Bertz CT molecular complexity index is 1270. The van der Waals surface area contributed by atoms with Crippen molar-refractivity contribution < 1.29 is 14.3 Å². The molecule has 4 aromatic rings. The number of carbonyl (C=O) groups excluding carboxylic acids is 2. The summed E-state index contributed by atoms with van der Waals surface area (Å²) >= 11 is 0. The van der Waals surface area contributed by atoms with Crippen molar-refractivity contribution in [2.75, 3.05) is 11.9 Å². The summed E-state index contributed by atoms with van der Waals surface area (Å²) in [4.78, 5) is 41.4. The van der Waals surface area contributed by atoms with Gasteiger partial charge in [-0.1, -0.05) is 24.3 Å². The second kappa shape index (κ2) is 7.03. The lowest BCUT2D eigenvalue weighted by Gasteiger charge is -2.10. The van der Waals surface area contributed by atoms with Crippen LogP contribution in [-0.2, 0) is 9.53 Å². The number of H-pyrrole nitrogens is 2. The van der Waals surface area contributed by atoms with Crippen LogP contribution in [0, 0.1) is 0 Å². The van der Waals surface area contributed by atoms with Crippen molar-refractivity contribution in [3.63, 3.8) is 0 Å². The van der Waals surface area contributed by atoms with Crippen molar-refractivity contribution in [1.29, 1.82) is 0 Å². The smallest absolute Gasteiger partial charge is 0.340 e. The Labute approximate surface area is 159 Å². The van der Waals surface area contributed by atoms with Crippen LogP contribution in [0.5, 0.6) is 0 Å². The Balaban J connectivity index is 2.01. The van der Waals surface area contributed by atoms with Gasteiger partial charge in [0.15, 0.2) is 0 Å². The highest BCUT2D eigenvalue weighted by molar-refractivity contribution is 6.15. The number of aromatic amines is 2. The first-order chi connectivity index (χ1) is 13.6. The summed E-state index contributed by atoms with van der Waals surface area (Å²) in [6.07, 6.45) is 2.12. The molecule has 28 heavy (non-hydrogen) atoms. The standard InChI is InChI=1S/C21H17N3O4/c1-2-28-21(27)15-10-22-19-18(15)14-9-12(7-8-17(14)24-20(19)26)13-5-3-4-6-16(13)23-11-25/h3-11,22H,2H2,1H3,(H,23,25)(H,24,26). The molecule has 0 aliphatic heterocycles. The van der Waals surface area contributed by atoms with Crippen LogP contribution >= 0.6 is 0 Å². The Morgan fingerprint density at radius 1 is 1.21 bits per heavy atom. The number of rotatable bonds is 5. The topological polar surface area (TPSA) is 104 Å². The van der Waals surface area contributed by atoms with Gasteiger partial charge in [-0.05, 0) is 30.7 Å². The van der Waals surface area contributed by atoms with Crippen LogP contribution in [0.2, 0.25) is 0 Å². The first-order valence-electron chi connectivity index (χ1n) is 8.78. The van der Waals surface area contributed by atoms with E-state index in [0.717, 1.165) is 11.1 Å². The number of hydrogen-bond donors (Lipinski definition) is 3. The van der Waals surface area contributed by atoms with Gasteiger partial charge in [-0.3, -0.25) is 9.59 Å². The number of esters is 1. The number of anilines is 1. The van der Waals surface area contributed by atoms with E-state index in [9.17, 15) is 14.4 Å². The minimum atomic E-state index is -0.492. The molecule has 1 amide bonds. The molecule has 3 N–H and O–H groups in total. The van der Waals surface area contributed by atoms with E-state index >= 15 is 0 Å². The molecule has 0 aliphatic rings. The van der Waals surface area contributed by atoms with E-state index in [0.29, 0.717) is 39.5 Å². The quantitative estimate of drug-likeness (QED) is 0.367. The molecule has 0 saturated heterocycles. The molecule has 0 unspecified atom stereocenters. The Kier molecular flexibility index (Phi) is 4.41. The number of amides is 1. The first kappa shape index (κ1) is 17.5. The Hall–Kier alpha value is -3.87. The predicted molar refractivity (Wildman–Crippen MR) is 108 cm³/mol. The van der Waals surface area contributed by atoms with E-state index < -0.39 is 5.97 Å². The summed E-state index contributed by atoms with van der Waals surface area (Å²) < 4.78 is 5.13. The highest BCUT2D eigenvalue weighted by atomic mass is 16.5. The number of fused-ring (bicyclic) bond motifs is 3. The van der Waals surface area contributed by atoms with Crippen LogP contribution in [-0.4, -0.2) is 29.0 Å². The van der Waals surface area contributed by atoms with Gasteiger partial charge in [0.2, 0.25) is 6.41 Å². The van der Waals surface area contributed by atoms with Crippen LogP contribution in [0.15, 0.2) is 53.5 Å². The fourth-order valence-electron chi connectivity index (χ4n) is 3.39. The second-order valence-electron chi connectivity index (χ2n) is 6.20. The third-order valence-corrected chi connectivity index (χ3v) is 4.59. The Morgan fingerprint density at radius 2 is 2.04 bits per heavy atom. The second-order valence-corrected chi connectivity index (χ2v) is 6.20. The van der Waals surface area contributed by atoms with Crippen LogP contribution in [0.25, 0.3) is 32.9 Å². The molecule has 0 bridgehead atoms. The molecular formula is C21H17N3O4. The first-order valence-corrected chi connectivity index (χ1v) is 8.78. The Morgan fingerprint density at radius 3 is 2.82 bits per heavy atom. The summed E-state index contributed by atoms with van der Waals surface area (Å²) in [6, 6.07) is 12.9. The average molecular weight is 375 g/mol. The third-order valence-electron chi connectivity index (χ3n) is 4.59. The maximum absolute atomic E-state index is 12.4. The van der Waals surface area contributed by atoms with Crippen molar-refractivity contribution in [3.8, 4) is 11.1 Å². The molecule has 0 radical (unpaired) electrons. The minimum Gasteiger partial charge on any atom is -0.462 e. The molecule has 0 saturated carbocycles. The zero-order valence-electron chi connectivity index (χ0n) is 15.0. The van der Waals surface area contributed by atoms with Crippen LogP contribution in [0.4, 0.5) is 5.69 Å². The lowest BCUT2D eigenvalue weighted by Crippen LogP contribution is -2.08. The van der Waals surface area contributed by atoms with Crippen molar-refractivity contribution in [2.45, 2.75) is 6.92 Å². The highest BCUT2D eigenvalue weighted by Crippen LogP contribution is 2.32. The fraction of sp³-hybridized carbons (Fsp3) is 0.0952. The van der Waals surface area contributed by atoms with E-state index in [-0.39, 0.29) is 12.2 Å². The zero-order valence-corrected chi connectivity index (χ0v) is 15.0. The number of pyridine rings is 1. The maximum atomic E-state index is 12.4. The molecular weight excluding hydrogens is 358 g/mol. The molecule has 2 aromatic carbocycles. The SMILES string of the molecule is CCOC(=O)c1c[nH]c2c(=O)[nH]c3ccc(-c4ccccc4NC=O)cc3c12. The summed E-state index contributed by atoms with van der Waals surface area (Å²) in [5.41, 5.74) is 3.24. The number of benzene rings is 2. The molecule has 140 valence electrons. The monoisotopic (exact) mass is 375 g/mol. The van der Waals surface area contributed by atoms with Gasteiger partial charge >= 0.3 is 5.97 Å². The van der Waals surface area contributed by atoms with Gasteiger partial charge in [0.05, 0.1) is 12.2 Å². The fourth-order valence-corrected chi connectivity index (χ4v) is 3.39. The molecule has 2 aromatic heterocycles. The number of ether oxygens (including phenoxy) is 1. The molecule has 0 spiro atoms. The number of hydrogen-bond acceptors (Lipinski definition) is 4. The molecule has 0 atom stereocenters. The van der Waals surface area contributed by atoms with Gasteiger partial charge in [-0.15, -0.1) is 0 Å². The summed E-state index contributed by atoms with van der Waals surface area (Å²) in [5.74, 6) is -0.492. The number of carbonyl (C=O) groups is 2. The summed E-state index contributed by atoms with van der Waals surface area (Å²) in [7, 11) is 0. The van der Waals surface area contributed by atoms with Gasteiger partial charge in [0.1, 0.15) is 5.52 Å². The average Bonchev–Trinajstić information content (AvgIpc) is 3.15. The van der Waals surface area contributed by atoms with Crippen LogP contribution in [0.3, 0.4) is 0 Å². The molecule has 0 aliphatic carbocycles. The number of aromatic nitrogens is 2. The van der Waals surface area contributed by atoms with Crippen molar-refractivity contribution in [2.24, 2.45) is 0 Å². The minimum absolute atomic E-state index is 0.239. The van der Waals surface area contributed by atoms with Gasteiger partial charge in [-0.25, -0.2) is 4.79 Å². The van der Waals surface area contributed by atoms with Crippen molar-refractivity contribution >= 4 is 39.9 Å². The zero-order chi connectivity index (χ0) is 19.7. The summed E-state index contributed by atoms with van der Waals surface area (Å²) in [6.45, 7) is 1.97. The lowest BCUT2D eigenvalue weighted by atomic mass is 9.99. The molecule has 4 rings (SSSR count). The van der Waals surface area contributed by atoms with Gasteiger partial charge < -0.3 is 20.0 Å². The molecule has 0 fully saturated rings. The number of para-hydroxylation sites is 1. The third kappa shape index (κ3) is 2.83. The molecule has 7 nitrogen and oxygen atoms in total. The van der Waals surface area contributed by atoms with E-state index in [2.05, 4.69) is 15.3 Å². The van der Waals surface area contributed by atoms with Gasteiger partial charge in [0.25, 0.3) is 5.56 Å². The van der Waals surface area contributed by atoms with E-state index in [4.69, 9.17) is 4.74 Å². The van der Waals surface area contributed by atoms with E-state index in [1.165, 1.54) is 6.20 Å². The number of nitrogens with one attached hydrogen (secondary N) is 3. The predicted octanol–water partition coefficient (Wildman–Crippen LogP) is 3.42. The van der Waals surface area contributed by atoms with E-state index in [1.54, 1.807) is 19.1 Å². The largest absolute Gasteiger partial charge is 0.462 e. The summed E-state index contributed by atoms with van der Waals surface area (Å²) in [5, 5.41) is 3.91.